The summed E-state index contributed by atoms with van der Waals surface area (Å²) in [6.07, 6.45) is 22.6. The summed E-state index contributed by atoms with van der Waals surface area (Å²) in [5.74, 6) is 0. The lowest BCUT2D eigenvalue weighted by molar-refractivity contribution is 1.06. The van der Waals surface area contributed by atoms with Gasteiger partial charge in [-0.15, -0.1) is 0 Å². The van der Waals surface area contributed by atoms with Crippen LogP contribution in [0.5, 0.6) is 0 Å². The number of hydrogen-bond donors (Lipinski definition) is 3. The molecular formula is C45H46N4. The first-order valence-corrected chi connectivity index (χ1v) is 16.3. The van der Waals surface area contributed by atoms with E-state index in [-0.39, 0.29) is 0 Å². The minimum absolute atomic E-state index is 0.551. The second-order valence-corrected chi connectivity index (χ2v) is 11.6. The molecule has 5 N–H and O–H groups in total. The van der Waals surface area contributed by atoms with Crippen molar-refractivity contribution in [3.8, 4) is 28.1 Å². The van der Waals surface area contributed by atoms with Crippen LogP contribution in [0.3, 0.4) is 0 Å². The Balaban J connectivity index is 1.82. The van der Waals surface area contributed by atoms with Gasteiger partial charge in [0.05, 0.1) is 5.69 Å². The van der Waals surface area contributed by atoms with Crippen molar-refractivity contribution in [3.63, 3.8) is 0 Å². The Hall–Kier alpha value is -6.13. The van der Waals surface area contributed by atoms with Crippen LogP contribution in [-0.4, -0.2) is 10.8 Å². The molecule has 4 rings (SSSR count). The molecule has 0 unspecified atom stereocenters. The molecule has 49 heavy (non-hydrogen) atoms. The highest BCUT2D eigenvalue weighted by molar-refractivity contribution is 5.84. The monoisotopic (exact) mass is 642 g/mol. The summed E-state index contributed by atoms with van der Waals surface area (Å²) in [6.45, 7) is 18.7. The minimum Gasteiger partial charge on any atom is -0.405 e. The molecule has 4 nitrogen and oxygen atoms in total. The average molecular weight is 643 g/mol. The van der Waals surface area contributed by atoms with Crippen molar-refractivity contribution < 1.29 is 0 Å². The number of benzene rings is 3. The zero-order valence-corrected chi connectivity index (χ0v) is 28.8. The van der Waals surface area contributed by atoms with E-state index in [9.17, 15) is 0 Å². The molecule has 3 aromatic carbocycles. The van der Waals surface area contributed by atoms with Crippen molar-refractivity contribution in [3.05, 3.63) is 192 Å². The normalized spacial score (nSPS) is 12.7. The Labute approximate surface area is 292 Å². The molecule has 0 saturated carbocycles. The highest BCUT2D eigenvalue weighted by Gasteiger charge is 2.21. The second-order valence-electron chi connectivity index (χ2n) is 11.6. The van der Waals surface area contributed by atoms with Gasteiger partial charge < -0.3 is 21.4 Å². The van der Waals surface area contributed by atoms with Gasteiger partial charge >= 0.3 is 0 Å². The van der Waals surface area contributed by atoms with Crippen LogP contribution in [0.4, 0.5) is 0 Å². The number of rotatable bonds is 14. The van der Waals surface area contributed by atoms with E-state index in [1.54, 1.807) is 18.4 Å². The van der Waals surface area contributed by atoms with Gasteiger partial charge in [0.25, 0.3) is 0 Å². The second kappa shape index (κ2) is 17.1. The Morgan fingerprint density at radius 2 is 1.65 bits per heavy atom. The number of para-hydroxylation sites is 1. The first-order chi connectivity index (χ1) is 23.8. The largest absolute Gasteiger partial charge is 0.405 e. The first-order valence-electron chi connectivity index (χ1n) is 16.3. The van der Waals surface area contributed by atoms with Crippen LogP contribution >= 0.6 is 0 Å². The molecule has 1 heterocycles. The molecule has 0 bridgehead atoms. The van der Waals surface area contributed by atoms with Gasteiger partial charge in [-0.05, 0) is 132 Å². The Kier molecular flexibility index (Phi) is 12.5. The zero-order valence-electron chi connectivity index (χ0n) is 28.8. The van der Waals surface area contributed by atoms with E-state index in [4.69, 9.17) is 16.9 Å². The molecule has 0 aliphatic carbocycles. The highest BCUT2D eigenvalue weighted by atomic mass is 15.0. The zero-order chi connectivity index (χ0) is 35.3. The fourth-order valence-corrected chi connectivity index (χ4v) is 5.75. The van der Waals surface area contributed by atoms with Crippen LogP contribution in [0.25, 0.3) is 45.8 Å². The van der Waals surface area contributed by atoms with E-state index in [0.29, 0.717) is 17.7 Å². The third-order valence-corrected chi connectivity index (χ3v) is 8.54. The van der Waals surface area contributed by atoms with Crippen LogP contribution in [0.15, 0.2) is 164 Å². The summed E-state index contributed by atoms with van der Waals surface area (Å²) in [4.78, 5) is 0. The standard InChI is InChI=1S/C45H46N4/c1-7-35(18-13-14-23-43(48)32(4)17-16-27-46)29-44-33(5)34(6)45(49(44)41-21-11-10-12-22-41)42-25-24-40(30-37(42)9-3)39-20-15-19-38(31-39)36(8-2)26-28-47/h7-17,19-31,46H,1,3-4,18,47-48H2,2,5-6H3/b14-13-,17-16-,28-26-,35-29+,36-8+,43-23-,46-27?. The fourth-order valence-electron chi connectivity index (χ4n) is 5.75. The van der Waals surface area contributed by atoms with Crippen molar-refractivity contribution in [2.45, 2.75) is 27.2 Å². The molecule has 0 radical (unpaired) electrons. The van der Waals surface area contributed by atoms with Crippen LogP contribution in [0, 0.1) is 19.3 Å². The maximum absolute atomic E-state index is 7.15. The van der Waals surface area contributed by atoms with Gasteiger partial charge in [0.15, 0.2) is 0 Å². The van der Waals surface area contributed by atoms with E-state index in [1.165, 1.54) is 17.3 Å². The minimum atomic E-state index is 0.551. The smallest absolute Gasteiger partial charge is 0.0572 e. The number of aromatic nitrogens is 1. The van der Waals surface area contributed by atoms with Crippen LogP contribution in [0.1, 0.15) is 41.3 Å². The van der Waals surface area contributed by atoms with E-state index in [0.717, 1.165) is 56.0 Å². The van der Waals surface area contributed by atoms with Crippen molar-refractivity contribution in [2.75, 3.05) is 0 Å². The maximum Gasteiger partial charge on any atom is 0.0572 e. The summed E-state index contributed by atoms with van der Waals surface area (Å²) in [6, 6.07) is 25.6. The summed E-state index contributed by atoms with van der Waals surface area (Å²) in [7, 11) is 0. The summed E-state index contributed by atoms with van der Waals surface area (Å²) >= 11 is 0. The van der Waals surface area contributed by atoms with Crippen LogP contribution in [-0.2, 0) is 0 Å². The third-order valence-electron chi connectivity index (χ3n) is 8.54. The van der Waals surface area contributed by atoms with Gasteiger partial charge in [0.2, 0.25) is 0 Å². The summed E-state index contributed by atoms with van der Waals surface area (Å²) in [5, 5.41) is 7.15. The lowest BCUT2D eigenvalue weighted by Gasteiger charge is -2.17. The molecule has 0 aliphatic rings. The van der Waals surface area contributed by atoms with E-state index in [1.807, 2.05) is 43.4 Å². The molecule has 0 amide bonds. The number of nitrogens with zero attached hydrogens (tertiary/aromatic N) is 1. The quantitative estimate of drug-likeness (QED) is 0.0945. The molecule has 0 spiro atoms. The lowest BCUT2D eigenvalue weighted by Crippen LogP contribution is -2.01. The number of allylic oxidation sites excluding steroid dienone is 10. The Morgan fingerprint density at radius 3 is 2.33 bits per heavy atom. The van der Waals surface area contributed by atoms with Gasteiger partial charge in [0, 0.05) is 28.9 Å². The third kappa shape index (κ3) is 8.43. The van der Waals surface area contributed by atoms with Crippen molar-refractivity contribution in [1.82, 2.24) is 4.57 Å². The predicted molar refractivity (Wildman–Crippen MR) is 214 cm³/mol. The Bertz CT molecular complexity index is 2040. The van der Waals surface area contributed by atoms with Gasteiger partial charge in [0.1, 0.15) is 0 Å². The molecule has 0 saturated heterocycles. The SMILES string of the molecule is C=C/C(=C\c1c(C)c(C)c(-c2ccc(-c3cccc(C(/C=C\N)=C/C)c3)cc2C=C)n1-c1ccccc1)C/C=C\C=C(/N)C(=C)/C=C\C=N. The fraction of sp³-hybridized carbons (Fsp3) is 0.0889. The van der Waals surface area contributed by atoms with Crippen molar-refractivity contribution in [2.24, 2.45) is 11.5 Å². The molecule has 0 aliphatic heterocycles. The van der Waals surface area contributed by atoms with Gasteiger partial charge in [-0.25, -0.2) is 0 Å². The Morgan fingerprint density at radius 1 is 0.898 bits per heavy atom. The number of nitrogens with two attached hydrogens (primary N) is 2. The van der Waals surface area contributed by atoms with Crippen LogP contribution < -0.4 is 11.5 Å². The van der Waals surface area contributed by atoms with Crippen molar-refractivity contribution in [1.29, 1.82) is 5.41 Å². The van der Waals surface area contributed by atoms with E-state index < -0.39 is 0 Å². The molecule has 0 fully saturated rings. The molecule has 1 aromatic heterocycles. The molecule has 4 aromatic rings. The topological polar surface area (TPSA) is 80.8 Å². The molecule has 0 atom stereocenters. The van der Waals surface area contributed by atoms with E-state index in [2.05, 4.69) is 123 Å². The number of nitrogens with one attached hydrogen (secondary N) is 1. The van der Waals surface area contributed by atoms with Gasteiger partial charge in [-0.1, -0.05) is 105 Å². The lowest BCUT2D eigenvalue weighted by atomic mass is 9.94. The molecular weight excluding hydrogens is 597 g/mol. The molecule has 246 valence electrons. The number of hydrogen-bond acceptors (Lipinski definition) is 3. The summed E-state index contributed by atoms with van der Waals surface area (Å²) in [5.41, 5.74) is 26.4. The summed E-state index contributed by atoms with van der Waals surface area (Å²) < 4.78 is 2.34. The average Bonchev–Trinajstić information content (AvgIpc) is 3.38. The van der Waals surface area contributed by atoms with Crippen molar-refractivity contribution >= 4 is 23.9 Å². The van der Waals surface area contributed by atoms with Gasteiger partial charge in [-0.3, -0.25) is 0 Å². The van der Waals surface area contributed by atoms with Gasteiger partial charge in [-0.2, -0.15) is 0 Å². The van der Waals surface area contributed by atoms with Crippen LogP contribution in [0.2, 0.25) is 0 Å². The van der Waals surface area contributed by atoms with E-state index >= 15 is 0 Å². The maximum atomic E-state index is 7.15. The highest BCUT2D eigenvalue weighted by Crippen LogP contribution is 2.39. The predicted octanol–water partition coefficient (Wildman–Crippen LogP) is 11.1. The molecule has 4 heteroatoms. The first kappa shape index (κ1) is 35.7.